The number of hydrogen-bond acceptors (Lipinski definition) is 6. The molecule has 1 aliphatic rings. The highest BCUT2D eigenvalue weighted by Gasteiger charge is 2.13. The Bertz CT molecular complexity index is 700. The van der Waals surface area contributed by atoms with E-state index in [-0.39, 0.29) is 5.91 Å². The van der Waals surface area contributed by atoms with Gasteiger partial charge in [-0.2, -0.15) is 0 Å². The van der Waals surface area contributed by atoms with E-state index >= 15 is 0 Å². The number of hydrogen-bond donors (Lipinski definition) is 1. The van der Waals surface area contributed by atoms with Crippen LogP contribution in [0.2, 0.25) is 0 Å². The Morgan fingerprint density at radius 3 is 2.54 bits per heavy atom. The van der Waals surface area contributed by atoms with Crippen molar-refractivity contribution in [2.24, 2.45) is 0 Å². The molecule has 26 heavy (non-hydrogen) atoms. The summed E-state index contributed by atoms with van der Waals surface area (Å²) in [6, 6.07) is 11.3. The van der Waals surface area contributed by atoms with Crippen molar-refractivity contribution in [1.29, 1.82) is 0 Å². The summed E-state index contributed by atoms with van der Waals surface area (Å²) in [5.41, 5.74) is 0.755. The second-order valence-electron chi connectivity index (χ2n) is 6.07. The molecule has 0 bridgehead atoms. The summed E-state index contributed by atoms with van der Waals surface area (Å²) in [5.74, 6) is 1.95. The molecule has 0 unspecified atom stereocenters. The summed E-state index contributed by atoms with van der Waals surface area (Å²) in [6.45, 7) is 4.66. The predicted octanol–water partition coefficient (Wildman–Crippen LogP) is 3.60. The number of nitrogens with one attached hydrogen (secondary N) is 1. The number of amides is 1. The smallest absolute Gasteiger partial charge is 0.234 e. The quantitative estimate of drug-likeness (QED) is 0.749. The molecule has 1 aromatic heterocycles. The molecule has 1 aromatic carbocycles. The third-order valence-corrected chi connectivity index (χ3v) is 5.03. The number of thioether (sulfide) groups is 1. The molecule has 6 nitrogen and oxygen atoms in total. The number of rotatable bonds is 7. The van der Waals surface area contributed by atoms with Crippen LogP contribution in [0.25, 0.3) is 0 Å². The number of carbonyl (C=O) groups excluding carboxylic acids is 1. The van der Waals surface area contributed by atoms with Crippen LogP contribution < -0.4 is 15.0 Å². The Hall–Kier alpha value is -2.28. The maximum Gasteiger partial charge on any atom is 0.234 e. The van der Waals surface area contributed by atoms with Gasteiger partial charge in [-0.05, 0) is 62.6 Å². The molecular weight excluding hydrogens is 348 g/mol. The van der Waals surface area contributed by atoms with Crippen molar-refractivity contribution in [3.05, 3.63) is 36.4 Å². The van der Waals surface area contributed by atoms with E-state index in [1.807, 2.05) is 43.3 Å². The first-order valence-electron chi connectivity index (χ1n) is 8.99. The van der Waals surface area contributed by atoms with Crippen LogP contribution in [-0.2, 0) is 4.79 Å². The number of piperidine rings is 1. The van der Waals surface area contributed by atoms with Gasteiger partial charge in [0.25, 0.3) is 0 Å². The first-order chi connectivity index (χ1) is 12.7. The van der Waals surface area contributed by atoms with E-state index in [1.165, 1.54) is 31.0 Å². The average molecular weight is 372 g/mol. The minimum Gasteiger partial charge on any atom is -0.494 e. The van der Waals surface area contributed by atoms with Crippen LogP contribution in [0.15, 0.2) is 41.4 Å². The third-order valence-electron chi connectivity index (χ3n) is 4.11. The van der Waals surface area contributed by atoms with Crippen molar-refractivity contribution in [3.63, 3.8) is 0 Å². The molecule has 1 aliphatic heterocycles. The van der Waals surface area contributed by atoms with E-state index < -0.39 is 0 Å². The van der Waals surface area contributed by atoms with Crippen LogP contribution in [0.1, 0.15) is 26.2 Å². The normalized spacial score (nSPS) is 14.1. The van der Waals surface area contributed by atoms with Gasteiger partial charge in [0, 0.05) is 18.8 Å². The number of anilines is 2. The highest BCUT2D eigenvalue weighted by Crippen LogP contribution is 2.21. The zero-order chi connectivity index (χ0) is 18.2. The number of aromatic nitrogens is 2. The molecule has 138 valence electrons. The molecule has 0 saturated carbocycles. The maximum absolute atomic E-state index is 12.1. The lowest BCUT2D eigenvalue weighted by Crippen LogP contribution is -2.30. The fraction of sp³-hybridized carbons (Fsp3) is 0.421. The van der Waals surface area contributed by atoms with Crippen molar-refractivity contribution >= 4 is 29.2 Å². The molecule has 2 aromatic rings. The second-order valence-corrected chi connectivity index (χ2v) is 7.07. The molecule has 1 saturated heterocycles. The molecule has 1 fully saturated rings. The predicted molar refractivity (Wildman–Crippen MR) is 105 cm³/mol. The minimum atomic E-state index is -0.0685. The summed E-state index contributed by atoms with van der Waals surface area (Å²) >= 11 is 1.39. The molecule has 0 aliphatic carbocycles. The average Bonchev–Trinajstić information content (AvgIpc) is 2.69. The Morgan fingerprint density at radius 2 is 1.88 bits per heavy atom. The zero-order valence-corrected chi connectivity index (χ0v) is 15.8. The largest absolute Gasteiger partial charge is 0.494 e. The topological polar surface area (TPSA) is 67.3 Å². The first-order valence-corrected chi connectivity index (χ1v) is 9.97. The number of carbonyl (C=O) groups is 1. The van der Waals surface area contributed by atoms with Gasteiger partial charge in [-0.3, -0.25) is 4.79 Å². The van der Waals surface area contributed by atoms with E-state index in [0.717, 1.165) is 35.4 Å². The molecule has 2 heterocycles. The summed E-state index contributed by atoms with van der Waals surface area (Å²) in [7, 11) is 0. The Labute approximate surface area is 158 Å². The maximum atomic E-state index is 12.1. The highest BCUT2D eigenvalue weighted by molar-refractivity contribution is 7.99. The third kappa shape index (κ3) is 5.36. The SMILES string of the molecule is CCOc1ccc(NC(=O)CSc2ccc(N3CCCCC3)nn2)cc1. The Balaban J connectivity index is 1.46. The Kier molecular flexibility index (Phi) is 6.71. The van der Waals surface area contributed by atoms with E-state index in [2.05, 4.69) is 20.4 Å². The van der Waals surface area contributed by atoms with Gasteiger partial charge in [0.15, 0.2) is 5.82 Å². The molecule has 0 spiro atoms. The van der Waals surface area contributed by atoms with Gasteiger partial charge in [0.05, 0.1) is 12.4 Å². The van der Waals surface area contributed by atoms with Crippen LogP contribution in [0.5, 0.6) is 5.75 Å². The molecule has 0 atom stereocenters. The minimum absolute atomic E-state index is 0.0685. The van der Waals surface area contributed by atoms with Gasteiger partial charge in [-0.25, -0.2) is 0 Å². The molecule has 7 heteroatoms. The van der Waals surface area contributed by atoms with Crippen molar-refractivity contribution in [3.8, 4) is 5.75 Å². The van der Waals surface area contributed by atoms with Gasteiger partial charge >= 0.3 is 0 Å². The lowest BCUT2D eigenvalue weighted by atomic mass is 10.1. The van der Waals surface area contributed by atoms with Crippen LogP contribution in [-0.4, -0.2) is 41.6 Å². The van der Waals surface area contributed by atoms with Gasteiger partial charge in [0.1, 0.15) is 10.8 Å². The first kappa shape index (κ1) is 18.5. The fourth-order valence-electron chi connectivity index (χ4n) is 2.82. The lowest BCUT2D eigenvalue weighted by molar-refractivity contribution is -0.113. The highest BCUT2D eigenvalue weighted by atomic mass is 32.2. The second kappa shape index (κ2) is 9.43. The molecule has 1 N–H and O–H groups in total. The summed E-state index contributed by atoms with van der Waals surface area (Å²) in [4.78, 5) is 14.4. The van der Waals surface area contributed by atoms with Crippen molar-refractivity contribution in [2.45, 2.75) is 31.2 Å². The van der Waals surface area contributed by atoms with Crippen molar-refractivity contribution < 1.29 is 9.53 Å². The van der Waals surface area contributed by atoms with E-state index in [1.54, 1.807) is 0 Å². The molecular formula is C19H24N4O2S. The van der Waals surface area contributed by atoms with Gasteiger partial charge in [-0.15, -0.1) is 10.2 Å². The number of benzene rings is 1. The molecule has 0 radical (unpaired) electrons. The summed E-state index contributed by atoms with van der Waals surface area (Å²) in [6.07, 6.45) is 3.72. The van der Waals surface area contributed by atoms with Crippen LogP contribution in [0.4, 0.5) is 11.5 Å². The number of nitrogens with zero attached hydrogens (tertiary/aromatic N) is 3. The molecule has 1 amide bonds. The Morgan fingerprint density at radius 1 is 1.12 bits per heavy atom. The van der Waals surface area contributed by atoms with E-state index in [4.69, 9.17) is 4.74 Å². The zero-order valence-electron chi connectivity index (χ0n) is 15.0. The van der Waals surface area contributed by atoms with Gasteiger partial charge < -0.3 is 15.0 Å². The van der Waals surface area contributed by atoms with Gasteiger partial charge in [-0.1, -0.05) is 11.8 Å². The van der Waals surface area contributed by atoms with Crippen LogP contribution in [0, 0.1) is 0 Å². The van der Waals surface area contributed by atoms with E-state index in [0.29, 0.717) is 12.4 Å². The van der Waals surface area contributed by atoms with Crippen LogP contribution >= 0.6 is 11.8 Å². The van der Waals surface area contributed by atoms with Crippen molar-refractivity contribution in [1.82, 2.24) is 10.2 Å². The van der Waals surface area contributed by atoms with Gasteiger partial charge in [0.2, 0.25) is 5.91 Å². The molecule has 3 rings (SSSR count). The van der Waals surface area contributed by atoms with Crippen LogP contribution in [0.3, 0.4) is 0 Å². The number of ether oxygens (including phenoxy) is 1. The summed E-state index contributed by atoms with van der Waals surface area (Å²) in [5, 5.41) is 12.2. The fourth-order valence-corrected chi connectivity index (χ4v) is 3.43. The lowest BCUT2D eigenvalue weighted by Gasteiger charge is -2.27. The standard InChI is InChI=1S/C19H24N4O2S/c1-2-25-16-8-6-15(7-9-16)20-18(24)14-26-19-11-10-17(21-22-19)23-12-4-3-5-13-23/h6-11H,2-5,12-14H2,1H3,(H,20,24). The monoisotopic (exact) mass is 372 g/mol. The van der Waals surface area contributed by atoms with E-state index in [9.17, 15) is 4.79 Å². The van der Waals surface area contributed by atoms with Crippen molar-refractivity contribution in [2.75, 3.05) is 35.7 Å². The summed E-state index contributed by atoms with van der Waals surface area (Å²) < 4.78 is 5.39.